The molecule has 2 aromatic carbocycles. The predicted molar refractivity (Wildman–Crippen MR) is 88.6 cm³/mol. The van der Waals surface area contributed by atoms with Crippen LogP contribution in [-0.2, 0) is 0 Å². The van der Waals surface area contributed by atoms with E-state index in [1.807, 2.05) is 0 Å². The van der Waals surface area contributed by atoms with E-state index < -0.39 is 6.03 Å². The van der Waals surface area contributed by atoms with Crippen molar-refractivity contribution < 1.29 is 19.1 Å². The van der Waals surface area contributed by atoms with Crippen LogP contribution < -0.4 is 20.1 Å². The normalized spacial score (nSPS) is 9.87. The Morgan fingerprint density at radius 3 is 2.13 bits per heavy atom. The van der Waals surface area contributed by atoms with Crippen molar-refractivity contribution >= 4 is 23.2 Å². The maximum Gasteiger partial charge on any atom is 0.323 e. The van der Waals surface area contributed by atoms with Crippen molar-refractivity contribution in [1.82, 2.24) is 0 Å². The Morgan fingerprint density at radius 1 is 0.870 bits per heavy atom. The maximum atomic E-state index is 12.0. The Morgan fingerprint density at radius 2 is 1.52 bits per heavy atom. The molecule has 2 amide bonds. The zero-order chi connectivity index (χ0) is 16.8. The summed E-state index contributed by atoms with van der Waals surface area (Å²) in [5.74, 6) is 1.03. The van der Waals surface area contributed by atoms with E-state index in [1.165, 1.54) is 14.0 Å². The molecule has 2 N–H and O–H groups in total. The molecule has 0 heterocycles. The van der Waals surface area contributed by atoms with Crippen LogP contribution in [0.25, 0.3) is 0 Å². The number of ketones is 1. The van der Waals surface area contributed by atoms with E-state index in [9.17, 15) is 9.59 Å². The zero-order valence-electron chi connectivity index (χ0n) is 13.2. The van der Waals surface area contributed by atoms with Gasteiger partial charge in [-0.05, 0) is 31.2 Å². The van der Waals surface area contributed by atoms with Gasteiger partial charge < -0.3 is 20.1 Å². The standard InChI is InChI=1S/C17H18N2O4/c1-11(20)12-5-4-6-13(9-12)18-17(21)19-14-7-8-15(22-2)16(10-14)23-3/h4-10H,1-3H3,(H2,18,19,21). The fourth-order valence-corrected chi connectivity index (χ4v) is 2.02. The molecule has 0 spiro atoms. The van der Waals surface area contributed by atoms with E-state index in [4.69, 9.17) is 9.47 Å². The summed E-state index contributed by atoms with van der Waals surface area (Å²) in [5, 5.41) is 5.37. The summed E-state index contributed by atoms with van der Waals surface area (Å²) >= 11 is 0. The van der Waals surface area contributed by atoms with Crippen LogP contribution in [0.15, 0.2) is 42.5 Å². The second kappa shape index (κ2) is 7.31. The third-order valence-electron chi connectivity index (χ3n) is 3.17. The first-order chi connectivity index (χ1) is 11.0. The number of urea groups is 1. The molecule has 0 radical (unpaired) electrons. The molecule has 0 saturated carbocycles. The molecule has 2 rings (SSSR count). The Balaban J connectivity index is 2.08. The van der Waals surface area contributed by atoms with E-state index in [1.54, 1.807) is 49.6 Å². The van der Waals surface area contributed by atoms with Gasteiger partial charge in [-0.2, -0.15) is 0 Å². The van der Waals surface area contributed by atoms with Gasteiger partial charge in [0.05, 0.1) is 14.2 Å². The molecule has 6 nitrogen and oxygen atoms in total. The number of Topliss-reactive ketones (excluding diaryl/α,β-unsaturated/α-hetero) is 1. The average Bonchev–Trinajstić information content (AvgIpc) is 2.54. The molecule has 0 bridgehead atoms. The summed E-state index contributed by atoms with van der Waals surface area (Å²) in [6.45, 7) is 1.48. The summed E-state index contributed by atoms with van der Waals surface area (Å²) in [4.78, 5) is 23.4. The third kappa shape index (κ3) is 4.23. The Bertz CT molecular complexity index is 728. The second-order valence-electron chi connectivity index (χ2n) is 4.79. The highest BCUT2D eigenvalue weighted by Crippen LogP contribution is 2.29. The molecule has 0 aliphatic rings. The summed E-state index contributed by atoms with van der Waals surface area (Å²) in [6.07, 6.45) is 0. The van der Waals surface area contributed by atoms with Gasteiger partial charge in [-0.15, -0.1) is 0 Å². The van der Waals surface area contributed by atoms with Crippen molar-refractivity contribution in [3.63, 3.8) is 0 Å². The lowest BCUT2D eigenvalue weighted by molar-refractivity contribution is 0.101. The van der Waals surface area contributed by atoms with Gasteiger partial charge in [0.25, 0.3) is 0 Å². The Hall–Kier alpha value is -3.02. The van der Waals surface area contributed by atoms with Crippen LogP contribution in [-0.4, -0.2) is 26.0 Å². The zero-order valence-corrected chi connectivity index (χ0v) is 13.2. The van der Waals surface area contributed by atoms with Crippen molar-refractivity contribution in [2.75, 3.05) is 24.9 Å². The first-order valence-corrected chi connectivity index (χ1v) is 6.94. The molecule has 0 aliphatic heterocycles. The van der Waals surface area contributed by atoms with Crippen LogP contribution in [0.1, 0.15) is 17.3 Å². The van der Waals surface area contributed by atoms with Crippen LogP contribution in [0.3, 0.4) is 0 Å². The number of hydrogen-bond donors (Lipinski definition) is 2. The minimum absolute atomic E-state index is 0.0612. The van der Waals surface area contributed by atoms with Crippen LogP contribution >= 0.6 is 0 Å². The van der Waals surface area contributed by atoms with E-state index >= 15 is 0 Å². The highest BCUT2D eigenvalue weighted by Gasteiger charge is 2.08. The van der Waals surface area contributed by atoms with E-state index in [-0.39, 0.29) is 5.78 Å². The number of carbonyl (C=O) groups is 2. The minimum atomic E-state index is -0.419. The summed E-state index contributed by atoms with van der Waals surface area (Å²) in [5.41, 5.74) is 1.63. The number of ether oxygens (including phenoxy) is 2. The highest BCUT2D eigenvalue weighted by molar-refractivity contribution is 6.01. The SMILES string of the molecule is COc1ccc(NC(=O)Nc2cccc(C(C)=O)c2)cc1OC. The number of amides is 2. The molecule has 23 heavy (non-hydrogen) atoms. The minimum Gasteiger partial charge on any atom is -0.493 e. The molecule has 0 unspecified atom stereocenters. The van der Waals surface area contributed by atoms with Crippen LogP contribution in [0.4, 0.5) is 16.2 Å². The fraction of sp³-hybridized carbons (Fsp3) is 0.176. The van der Waals surface area contributed by atoms with Gasteiger partial charge in [0.15, 0.2) is 17.3 Å². The van der Waals surface area contributed by atoms with Gasteiger partial charge in [0.2, 0.25) is 0 Å². The van der Waals surface area contributed by atoms with Crippen molar-refractivity contribution in [3.8, 4) is 11.5 Å². The molecule has 0 aromatic heterocycles. The molecular weight excluding hydrogens is 296 g/mol. The van der Waals surface area contributed by atoms with Crippen molar-refractivity contribution in [3.05, 3.63) is 48.0 Å². The van der Waals surface area contributed by atoms with Gasteiger partial charge in [-0.1, -0.05) is 12.1 Å². The number of carbonyl (C=O) groups excluding carboxylic acids is 2. The van der Waals surface area contributed by atoms with Crippen molar-refractivity contribution in [1.29, 1.82) is 0 Å². The topological polar surface area (TPSA) is 76.7 Å². The fourth-order valence-electron chi connectivity index (χ4n) is 2.02. The van der Waals surface area contributed by atoms with Gasteiger partial charge in [0, 0.05) is 23.0 Å². The van der Waals surface area contributed by atoms with E-state index in [0.29, 0.717) is 28.4 Å². The van der Waals surface area contributed by atoms with Gasteiger partial charge in [-0.3, -0.25) is 4.79 Å². The smallest absolute Gasteiger partial charge is 0.323 e. The second-order valence-corrected chi connectivity index (χ2v) is 4.79. The lowest BCUT2D eigenvalue weighted by Crippen LogP contribution is -2.19. The lowest BCUT2D eigenvalue weighted by Gasteiger charge is -2.11. The predicted octanol–water partition coefficient (Wildman–Crippen LogP) is 3.55. The van der Waals surface area contributed by atoms with Gasteiger partial charge in [-0.25, -0.2) is 4.79 Å². The van der Waals surface area contributed by atoms with Crippen molar-refractivity contribution in [2.24, 2.45) is 0 Å². The Labute approximate surface area is 134 Å². The highest BCUT2D eigenvalue weighted by atomic mass is 16.5. The first-order valence-electron chi connectivity index (χ1n) is 6.94. The summed E-state index contributed by atoms with van der Waals surface area (Å²) in [6, 6.07) is 11.4. The number of rotatable bonds is 5. The number of nitrogens with one attached hydrogen (secondary N) is 2. The van der Waals surface area contributed by atoms with Crippen LogP contribution in [0.2, 0.25) is 0 Å². The van der Waals surface area contributed by atoms with Crippen molar-refractivity contribution in [2.45, 2.75) is 6.92 Å². The number of methoxy groups -OCH3 is 2. The molecule has 120 valence electrons. The maximum absolute atomic E-state index is 12.0. The molecule has 0 fully saturated rings. The Kier molecular flexibility index (Phi) is 5.19. The average molecular weight is 314 g/mol. The van der Waals surface area contributed by atoms with Gasteiger partial charge >= 0.3 is 6.03 Å². The molecular formula is C17H18N2O4. The molecule has 0 aliphatic carbocycles. The third-order valence-corrected chi connectivity index (χ3v) is 3.17. The number of benzene rings is 2. The quantitative estimate of drug-likeness (QED) is 0.827. The number of hydrogen-bond acceptors (Lipinski definition) is 4. The molecule has 6 heteroatoms. The molecule has 0 atom stereocenters. The summed E-state index contributed by atoms with van der Waals surface area (Å²) in [7, 11) is 3.06. The lowest BCUT2D eigenvalue weighted by atomic mass is 10.1. The largest absolute Gasteiger partial charge is 0.493 e. The van der Waals surface area contributed by atoms with E-state index in [0.717, 1.165) is 0 Å². The van der Waals surface area contributed by atoms with Crippen LogP contribution in [0.5, 0.6) is 11.5 Å². The molecule has 0 saturated heterocycles. The van der Waals surface area contributed by atoms with E-state index in [2.05, 4.69) is 10.6 Å². The number of anilines is 2. The monoisotopic (exact) mass is 314 g/mol. The molecule has 2 aromatic rings. The first kappa shape index (κ1) is 16.4. The van der Waals surface area contributed by atoms with Gasteiger partial charge in [0.1, 0.15) is 0 Å². The van der Waals surface area contributed by atoms with Crippen LogP contribution in [0, 0.1) is 0 Å². The summed E-state index contributed by atoms with van der Waals surface area (Å²) < 4.78 is 10.3.